The first-order chi connectivity index (χ1) is 10.1. The van der Waals surface area contributed by atoms with E-state index in [0.717, 1.165) is 12.0 Å². The number of benzene rings is 1. The van der Waals surface area contributed by atoms with E-state index in [1.54, 1.807) is 0 Å². The van der Waals surface area contributed by atoms with Gasteiger partial charge in [0.2, 0.25) is 5.89 Å². The predicted molar refractivity (Wildman–Crippen MR) is 76.3 cm³/mol. The number of carbonyl (C=O) groups is 1. The summed E-state index contributed by atoms with van der Waals surface area (Å²) in [7, 11) is 0. The lowest BCUT2D eigenvalue weighted by atomic mass is 10.1. The van der Waals surface area contributed by atoms with Crippen molar-refractivity contribution in [2.75, 3.05) is 0 Å². The second-order valence-corrected chi connectivity index (χ2v) is 5.77. The molecule has 1 N–H and O–H groups in total. The molecule has 1 fully saturated rings. The molecule has 3 rings (SSSR count). The number of nitrogens with zero attached hydrogens (tertiary/aromatic N) is 2. The van der Waals surface area contributed by atoms with Crippen LogP contribution in [0, 0.1) is 5.92 Å². The molecule has 1 aliphatic rings. The first-order valence-electron chi connectivity index (χ1n) is 6.92. The predicted octanol–water partition coefficient (Wildman–Crippen LogP) is 3.28. The van der Waals surface area contributed by atoms with Crippen molar-refractivity contribution in [3.8, 4) is 0 Å². The van der Waals surface area contributed by atoms with Crippen molar-refractivity contribution >= 4 is 17.6 Å². The highest BCUT2D eigenvalue weighted by molar-refractivity contribution is 6.31. The van der Waals surface area contributed by atoms with Crippen molar-refractivity contribution in [3.05, 3.63) is 46.6 Å². The molecule has 110 valence electrons. The molecule has 0 radical (unpaired) electrons. The van der Waals surface area contributed by atoms with Gasteiger partial charge in [-0.25, -0.2) is 0 Å². The summed E-state index contributed by atoms with van der Waals surface area (Å²) in [6, 6.07) is 7.54. The van der Waals surface area contributed by atoms with E-state index >= 15 is 0 Å². The smallest absolute Gasteiger partial charge is 0.306 e. The second kappa shape index (κ2) is 5.85. The van der Waals surface area contributed by atoms with E-state index in [1.807, 2.05) is 24.3 Å². The van der Waals surface area contributed by atoms with Gasteiger partial charge in [0, 0.05) is 17.4 Å². The third kappa shape index (κ3) is 3.08. The summed E-state index contributed by atoms with van der Waals surface area (Å²) in [4.78, 5) is 15.4. The highest BCUT2D eigenvalue weighted by Crippen LogP contribution is 2.37. The average Bonchev–Trinajstić information content (AvgIpc) is 3.10. The third-order valence-corrected chi connectivity index (χ3v) is 4.29. The highest BCUT2D eigenvalue weighted by atomic mass is 35.5. The van der Waals surface area contributed by atoms with Crippen molar-refractivity contribution in [3.63, 3.8) is 0 Å². The zero-order valence-electron chi connectivity index (χ0n) is 11.3. The highest BCUT2D eigenvalue weighted by Gasteiger charge is 2.33. The first-order valence-corrected chi connectivity index (χ1v) is 7.30. The van der Waals surface area contributed by atoms with Crippen LogP contribution >= 0.6 is 11.6 Å². The molecule has 0 saturated heterocycles. The summed E-state index contributed by atoms with van der Waals surface area (Å²) in [5, 5.41) is 13.7. The maximum absolute atomic E-state index is 11.0. The number of rotatable bonds is 4. The quantitative estimate of drug-likeness (QED) is 0.938. The van der Waals surface area contributed by atoms with Crippen molar-refractivity contribution in [1.82, 2.24) is 10.1 Å². The summed E-state index contributed by atoms with van der Waals surface area (Å²) < 4.78 is 5.29. The van der Waals surface area contributed by atoms with Gasteiger partial charge in [0.1, 0.15) is 0 Å². The minimum absolute atomic E-state index is 0.0543. The summed E-state index contributed by atoms with van der Waals surface area (Å²) in [6.07, 6.45) is 2.54. The Morgan fingerprint density at radius 1 is 1.38 bits per heavy atom. The Kier molecular flexibility index (Phi) is 3.92. The lowest BCUT2D eigenvalue weighted by Crippen LogP contribution is -2.09. The van der Waals surface area contributed by atoms with E-state index in [4.69, 9.17) is 21.2 Å². The second-order valence-electron chi connectivity index (χ2n) is 5.36. The van der Waals surface area contributed by atoms with Gasteiger partial charge in [0.15, 0.2) is 5.82 Å². The molecule has 0 amide bonds. The fraction of sp³-hybridized carbons (Fsp3) is 0.400. The van der Waals surface area contributed by atoms with E-state index in [9.17, 15) is 4.79 Å². The summed E-state index contributed by atoms with van der Waals surface area (Å²) in [5.74, 6) is 0.137. The van der Waals surface area contributed by atoms with Crippen LogP contribution in [0.3, 0.4) is 0 Å². The van der Waals surface area contributed by atoms with Gasteiger partial charge in [0.05, 0.1) is 5.92 Å². The van der Waals surface area contributed by atoms with Crippen LogP contribution < -0.4 is 0 Å². The first kappa shape index (κ1) is 14.1. The van der Waals surface area contributed by atoms with Gasteiger partial charge in [-0.05, 0) is 30.9 Å². The molecule has 6 heteroatoms. The third-order valence-electron chi connectivity index (χ3n) is 3.92. The molecule has 1 aliphatic carbocycles. The Balaban J connectivity index is 1.70. The van der Waals surface area contributed by atoms with Crippen molar-refractivity contribution in [2.45, 2.75) is 31.6 Å². The van der Waals surface area contributed by atoms with Crippen LogP contribution in [0.5, 0.6) is 0 Å². The zero-order chi connectivity index (χ0) is 14.8. The fourth-order valence-electron chi connectivity index (χ4n) is 2.75. The minimum Gasteiger partial charge on any atom is -0.481 e. The van der Waals surface area contributed by atoms with Crippen molar-refractivity contribution in [1.29, 1.82) is 0 Å². The molecule has 21 heavy (non-hydrogen) atoms. The maximum atomic E-state index is 11.0. The number of aliphatic carboxylic acids is 1. The Labute approximate surface area is 126 Å². The number of hydrogen-bond acceptors (Lipinski definition) is 4. The maximum Gasteiger partial charge on any atom is 0.306 e. The molecule has 2 unspecified atom stereocenters. The Hall–Kier alpha value is -1.88. The van der Waals surface area contributed by atoms with E-state index in [1.165, 1.54) is 0 Å². The molecule has 5 nitrogen and oxygen atoms in total. The van der Waals surface area contributed by atoms with Crippen LogP contribution in [-0.4, -0.2) is 21.2 Å². The molecule has 1 heterocycles. The molecule has 0 spiro atoms. The van der Waals surface area contributed by atoms with Gasteiger partial charge in [0.25, 0.3) is 0 Å². The van der Waals surface area contributed by atoms with E-state index in [0.29, 0.717) is 36.0 Å². The monoisotopic (exact) mass is 306 g/mol. The Morgan fingerprint density at radius 2 is 2.19 bits per heavy atom. The number of carboxylic acids is 1. The van der Waals surface area contributed by atoms with Gasteiger partial charge >= 0.3 is 5.97 Å². The van der Waals surface area contributed by atoms with Gasteiger partial charge in [-0.15, -0.1) is 0 Å². The molecular formula is C15H15ClN2O3. The summed E-state index contributed by atoms with van der Waals surface area (Å²) in [5.41, 5.74) is 0.946. The molecule has 0 bridgehead atoms. The zero-order valence-corrected chi connectivity index (χ0v) is 12.1. The van der Waals surface area contributed by atoms with Crippen LogP contribution in [0.25, 0.3) is 0 Å². The fourth-order valence-corrected chi connectivity index (χ4v) is 2.95. The normalized spacial score (nSPS) is 21.6. The van der Waals surface area contributed by atoms with Gasteiger partial charge in [-0.3, -0.25) is 4.79 Å². The molecule has 2 atom stereocenters. The minimum atomic E-state index is -0.742. The van der Waals surface area contributed by atoms with Crippen LogP contribution in [0.1, 0.15) is 42.5 Å². The van der Waals surface area contributed by atoms with Gasteiger partial charge < -0.3 is 9.63 Å². The molecule has 1 aromatic carbocycles. The van der Waals surface area contributed by atoms with E-state index in [-0.39, 0.29) is 11.8 Å². The average molecular weight is 307 g/mol. The SMILES string of the molecule is O=C(O)C1CCC(c2nc(Cc3ccccc3Cl)no2)C1. The van der Waals surface area contributed by atoms with Crippen LogP contribution in [-0.2, 0) is 11.2 Å². The van der Waals surface area contributed by atoms with Crippen LogP contribution in [0.4, 0.5) is 0 Å². The number of aromatic nitrogens is 2. The number of halogens is 1. The Bertz CT molecular complexity index is 656. The standard InChI is InChI=1S/C15H15ClN2O3/c16-12-4-2-1-3-9(12)8-13-17-14(21-18-13)10-5-6-11(7-10)15(19)20/h1-4,10-11H,5-8H2,(H,19,20). The van der Waals surface area contributed by atoms with Crippen molar-refractivity contribution < 1.29 is 14.4 Å². The Morgan fingerprint density at radius 3 is 2.90 bits per heavy atom. The molecule has 0 aliphatic heterocycles. The number of carboxylic acid groups (broad SMARTS) is 1. The number of hydrogen-bond donors (Lipinski definition) is 1. The lowest BCUT2D eigenvalue weighted by molar-refractivity contribution is -0.141. The largest absolute Gasteiger partial charge is 0.481 e. The topological polar surface area (TPSA) is 76.2 Å². The van der Waals surface area contributed by atoms with Gasteiger partial charge in [-0.1, -0.05) is 35.0 Å². The lowest BCUT2D eigenvalue weighted by Gasteiger charge is -2.02. The van der Waals surface area contributed by atoms with E-state index < -0.39 is 5.97 Å². The van der Waals surface area contributed by atoms with Crippen LogP contribution in [0.2, 0.25) is 5.02 Å². The summed E-state index contributed by atoms with van der Waals surface area (Å²) in [6.45, 7) is 0. The van der Waals surface area contributed by atoms with Gasteiger partial charge in [-0.2, -0.15) is 4.98 Å². The molecule has 1 aromatic heterocycles. The van der Waals surface area contributed by atoms with Crippen LogP contribution in [0.15, 0.2) is 28.8 Å². The molecule has 2 aromatic rings. The molecular weight excluding hydrogens is 292 g/mol. The van der Waals surface area contributed by atoms with Crippen molar-refractivity contribution in [2.24, 2.45) is 5.92 Å². The van der Waals surface area contributed by atoms with E-state index in [2.05, 4.69) is 10.1 Å². The molecule has 1 saturated carbocycles. The summed E-state index contributed by atoms with van der Waals surface area (Å²) >= 11 is 6.11.